The molecule has 1 amide bonds. The summed E-state index contributed by atoms with van der Waals surface area (Å²) in [6.45, 7) is 2.03. The molecule has 5 nitrogen and oxygen atoms in total. The Balaban J connectivity index is 1.72. The minimum atomic E-state index is -3.76. The van der Waals surface area contributed by atoms with Crippen LogP contribution in [0.2, 0.25) is 0 Å². The van der Waals surface area contributed by atoms with Crippen molar-refractivity contribution in [1.82, 2.24) is 9.62 Å². The molecule has 3 rings (SSSR count). The van der Waals surface area contributed by atoms with Gasteiger partial charge < -0.3 is 5.32 Å². The molecule has 0 radical (unpaired) electrons. The van der Waals surface area contributed by atoms with E-state index in [-0.39, 0.29) is 29.9 Å². The molecule has 0 atom stereocenters. The molecular formula is C25H34N2O3S. The van der Waals surface area contributed by atoms with Gasteiger partial charge in [-0.3, -0.25) is 4.79 Å². The van der Waals surface area contributed by atoms with Gasteiger partial charge in [0.2, 0.25) is 15.9 Å². The SMILES string of the molecule is Cc1ccc(S(=O)(=O)N(CCc2ccccc2)CC(=O)NC2CCCCCCC2)cc1. The first-order valence-electron chi connectivity index (χ1n) is 11.4. The van der Waals surface area contributed by atoms with Crippen molar-refractivity contribution >= 4 is 15.9 Å². The average molecular weight is 443 g/mol. The molecule has 0 spiro atoms. The number of nitrogens with zero attached hydrogens (tertiary/aromatic N) is 1. The van der Waals surface area contributed by atoms with Crippen LogP contribution in [0, 0.1) is 6.92 Å². The Labute approximate surface area is 186 Å². The van der Waals surface area contributed by atoms with Gasteiger partial charge in [0.1, 0.15) is 0 Å². The summed E-state index contributed by atoms with van der Waals surface area (Å²) >= 11 is 0. The number of hydrogen-bond donors (Lipinski definition) is 1. The Hall–Kier alpha value is -2.18. The van der Waals surface area contributed by atoms with Crippen molar-refractivity contribution in [2.75, 3.05) is 13.1 Å². The third-order valence-electron chi connectivity index (χ3n) is 5.94. The minimum Gasteiger partial charge on any atom is -0.352 e. The molecule has 0 saturated heterocycles. The predicted octanol–water partition coefficient (Wildman–Crippen LogP) is 4.46. The molecule has 1 saturated carbocycles. The highest BCUT2D eigenvalue weighted by Gasteiger charge is 2.27. The molecule has 0 unspecified atom stereocenters. The molecule has 1 fully saturated rings. The van der Waals surface area contributed by atoms with Crippen LogP contribution in [-0.4, -0.2) is 37.8 Å². The Morgan fingerprint density at radius 3 is 2.19 bits per heavy atom. The normalized spacial score (nSPS) is 15.9. The van der Waals surface area contributed by atoms with Crippen molar-refractivity contribution in [3.05, 3.63) is 65.7 Å². The van der Waals surface area contributed by atoms with Crippen LogP contribution in [-0.2, 0) is 21.2 Å². The van der Waals surface area contributed by atoms with Crippen LogP contribution in [0.25, 0.3) is 0 Å². The van der Waals surface area contributed by atoms with Crippen LogP contribution in [0.5, 0.6) is 0 Å². The van der Waals surface area contributed by atoms with Crippen LogP contribution < -0.4 is 5.32 Å². The molecule has 1 N–H and O–H groups in total. The highest BCUT2D eigenvalue weighted by Crippen LogP contribution is 2.19. The molecule has 0 bridgehead atoms. The van der Waals surface area contributed by atoms with E-state index < -0.39 is 10.0 Å². The van der Waals surface area contributed by atoms with Gasteiger partial charge in [-0.25, -0.2) is 8.42 Å². The number of rotatable bonds is 8. The van der Waals surface area contributed by atoms with Crippen molar-refractivity contribution in [1.29, 1.82) is 0 Å². The third kappa shape index (κ3) is 7.18. The number of carbonyl (C=O) groups is 1. The van der Waals surface area contributed by atoms with Crippen molar-refractivity contribution in [3.8, 4) is 0 Å². The third-order valence-corrected chi connectivity index (χ3v) is 7.80. The maximum atomic E-state index is 13.3. The van der Waals surface area contributed by atoms with Crippen molar-refractivity contribution in [2.45, 2.75) is 69.2 Å². The van der Waals surface area contributed by atoms with Gasteiger partial charge in [0, 0.05) is 12.6 Å². The van der Waals surface area contributed by atoms with Crippen LogP contribution >= 0.6 is 0 Å². The van der Waals surface area contributed by atoms with Crippen LogP contribution in [0.4, 0.5) is 0 Å². The Kier molecular flexibility index (Phi) is 8.67. The second-order valence-corrected chi connectivity index (χ2v) is 10.4. The first kappa shape index (κ1) is 23.5. The minimum absolute atomic E-state index is 0.144. The van der Waals surface area contributed by atoms with Gasteiger partial charge in [0.05, 0.1) is 11.4 Å². The van der Waals surface area contributed by atoms with Gasteiger partial charge in [0.15, 0.2) is 0 Å². The lowest BCUT2D eigenvalue weighted by Crippen LogP contribution is -2.45. The zero-order chi connectivity index (χ0) is 22.1. The lowest BCUT2D eigenvalue weighted by Gasteiger charge is -2.25. The molecule has 0 heterocycles. The zero-order valence-corrected chi connectivity index (χ0v) is 19.2. The second-order valence-electron chi connectivity index (χ2n) is 8.50. The highest BCUT2D eigenvalue weighted by atomic mass is 32.2. The molecular weight excluding hydrogens is 408 g/mol. The quantitative estimate of drug-likeness (QED) is 0.656. The fourth-order valence-electron chi connectivity index (χ4n) is 4.08. The molecule has 168 valence electrons. The van der Waals surface area contributed by atoms with Crippen LogP contribution in [0.15, 0.2) is 59.5 Å². The molecule has 6 heteroatoms. The molecule has 2 aromatic carbocycles. The summed E-state index contributed by atoms with van der Waals surface area (Å²) in [5.41, 5.74) is 2.05. The molecule has 0 aromatic heterocycles. The smallest absolute Gasteiger partial charge is 0.243 e. The molecule has 0 aliphatic heterocycles. The van der Waals surface area contributed by atoms with Crippen molar-refractivity contribution < 1.29 is 13.2 Å². The summed E-state index contributed by atoms with van der Waals surface area (Å²) in [6.07, 6.45) is 8.41. The summed E-state index contributed by atoms with van der Waals surface area (Å²) in [5, 5.41) is 3.10. The summed E-state index contributed by atoms with van der Waals surface area (Å²) in [4.78, 5) is 13.1. The van der Waals surface area contributed by atoms with E-state index in [1.807, 2.05) is 37.3 Å². The van der Waals surface area contributed by atoms with Crippen molar-refractivity contribution in [2.24, 2.45) is 0 Å². The lowest BCUT2D eigenvalue weighted by molar-refractivity contribution is -0.122. The molecule has 2 aromatic rings. The Morgan fingerprint density at radius 2 is 1.55 bits per heavy atom. The highest BCUT2D eigenvalue weighted by molar-refractivity contribution is 7.89. The van der Waals surface area contributed by atoms with E-state index in [9.17, 15) is 13.2 Å². The van der Waals surface area contributed by atoms with Gasteiger partial charge in [-0.15, -0.1) is 0 Å². The maximum Gasteiger partial charge on any atom is 0.243 e. The number of aryl methyl sites for hydroxylation is 1. The van der Waals surface area contributed by atoms with Gasteiger partial charge in [0.25, 0.3) is 0 Å². The monoisotopic (exact) mass is 442 g/mol. The van der Waals surface area contributed by atoms with E-state index >= 15 is 0 Å². The van der Waals surface area contributed by atoms with E-state index in [0.717, 1.165) is 36.8 Å². The maximum absolute atomic E-state index is 13.3. The van der Waals surface area contributed by atoms with Gasteiger partial charge in [-0.1, -0.05) is 80.1 Å². The summed E-state index contributed by atoms with van der Waals surface area (Å²) in [6, 6.07) is 16.7. The van der Waals surface area contributed by atoms with E-state index in [2.05, 4.69) is 5.32 Å². The zero-order valence-electron chi connectivity index (χ0n) is 18.4. The summed E-state index contributed by atoms with van der Waals surface area (Å²) < 4.78 is 28.0. The number of benzene rings is 2. The molecule has 31 heavy (non-hydrogen) atoms. The standard InChI is InChI=1S/C25H34N2O3S/c1-21-14-16-24(17-15-21)31(29,30)27(19-18-22-10-6-5-7-11-22)20-25(28)26-23-12-8-3-2-4-9-13-23/h5-7,10-11,14-17,23H,2-4,8-9,12-13,18-20H2,1H3,(H,26,28). The van der Waals surface area contributed by atoms with Gasteiger partial charge in [-0.05, 0) is 43.9 Å². The Morgan fingerprint density at radius 1 is 0.935 bits per heavy atom. The van der Waals surface area contributed by atoms with Crippen molar-refractivity contribution in [3.63, 3.8) is 0 Å². The number of amides is 1. The van der Waals surface area contributed by atoms with E-state index in [0.29, 0.717) is 6.42 Å². The number of sulfonamides is 1. The van der Waals surface area contributed by atoms with Gasteiger partial charge >= 0.3 is 0 Å². The molecule has 1 aliphatic rings. The fourth-order valence-corrected chi connectivity index (χ4v) is 5.47. The average Bonchev–Trinajstić information content (AvgIpc) is 2.74. The predicted molar refractivity (Wildman–Crippen MR) is 124 cm³/mol. The van der Waals surface area contributed by atoms with Crippen LogP contribution in [0.1, 0.15) is 56.1 Å². The second kappa shape index (κ2) is 11.4. The van der Waals surface area contributed by atoms with E-state index in [1.165, 1.54) is 23.6 Å². The number of carbonyl (C=O) groups excluding carboxylic acids is 1. The molecule has 1 aliphatic carbocycles. The topological polar surface area (TPSA) is 66.5 Å². The lowest BCUT2D eigenvalue weighted by atomic mass is 9.97. The summed E-state index contributed by atoms with van der Waals surface area (Å²) in [7, 11) is -3.76. The number of hydrogen-bond acceptors (Lipinski definition) is 3. The fraction of sp³-hybridized carbons (Fsp3) is 0.480. The summed E-state index contributed by atoms with van der Waals surface area (Å²) in [5.74, 6) is -0.214. The van der Waals surface area contributed by atoms with E-state index in [4.69, 9.17) is 0 Å². The van der Waals surface area contributed by atoms with Gasteiger partial charge in [-0.2, -0.15) is 4.31 Å². The Bertz CT molecular complexity index is 919. The largest absolute Gasteiger partial charge is 0.352 e. The first-order chi connectivity index (χ1) is 14.9. The van der Waals surface area contributed by atoms with E-state index in [1.54, 1.807) is 24.3 Å². The van der Waals surface area contributed by atoms with Crippen LogP contribution in [0.3, 0.4) is 0 Å². The number of nitrogens with one attached hydrogen (secondary N) is 1. The first-order valence-corrected chi connectivity index (χ1v) is 12.8.